The van der Waals surface area contributed by atoms with E-state index in [1.165, 1.54) is 0 Å². The van der Waals surface area contributed by atoms with E-state index in [0.29, 0.717) is 0 Å². The first kappa shape index (κ1) is 6.31. The monoisotopic (exact) mass is 218 g/mol. The normalized spacial score (nSPS) is 12.0. The summed E-state index contributed by atoms with van der Waals surface area (Å²) in [4.78, 5) is 0. The summed E-state index contributed by atoms with van der Waals surface area (Å²) in [6.45, 7) is 1.89. The van der Waals surface area contributed by atoms with Crippen LogP contribution in [0.4, 0.5) is 0 Å². The average molecular weight is 220 g/mol. The van der Waals surface area contributed by atoms with Gasteiger partial charge in [-0.1, -0.05) is 31.9 Å². The third-order valence-corrected chi connectivity index (χ3v) is 0. The molecule has 0 aliphatic heterocycles. The van der Waals surface area contributed by atoms with E-state index in [1.807, 2.05) is 6.92 Å². The van der Waals surface area contributed by atoms with Gasteiger partial charge in [-0.2, -0.15) is 12.6 Å². The zero-order valence-electron chi connectivity index (χ0n) is 2.70. The van der Waals surface area contributed by atoms with Gasteiger partial charge >= 0.3 is 0 Å². The molecule has 5 heavy (non-hydrogen) atoms. The van der Waals surface area contributed by atoms with Crippen LogP contribution in [0.3, 0.4) is 0 Å². The Bertz CT molecular complexity index is 23.1. The van der Waals surface area contributed by atoms with Crippen LogP contribution < -0.4 is 0 Å². The molecule has 0 fully saturated rings. The average Bonchev–Trinajstić information content (AvgIpc) is 0.722. The van der Waals surface area contributed by atoms with E-state index >= 15 is 0 Å². The third-order valence-electron chi connectivity index (χ3n) is 0. The van der Waals surface area contributed by atoms with Crippen molar-refractivity contribution in [3.8, 4) is 0 Å². The van der Waals surface area contributed by atoms with Crippen molar-refractivity contribution in [2.24, 2.45) is 0 Å². The van der Waals surface area contributed by atoms with Crippen LogP contribution >= 0.6 is 44.5 Å². The Morgan fingerprint density at radius 3 is 1.60 bits per heavy atom. The van der Waals surface area contributed by atoms with Gasteiger partial charge in [0.15, 0.2) is 0 Å². The smallest absolute Gasteiger partial charge is 0.120 e. The second kappa shape index (κ2) is 1.85. The van der Waals surface area contributed by atoms with Gasteiger partial charge in [0, 0.05) is 0 Å². The second-order valence-corrected chi connectivity index (χ2v) is 7.20. The van der Waals surface area contributed by atoms with Crippen LogP contribution in [0.5, 0.6) is 0 Å². The predicted octanol–water partition coefficient (Wildman–Crippen LogP) is 2.38. The van der Waals surface area contributed by atoms with Crippen LogP contribution in [0.15, 0.2) is 0 Å². The van der Waals surface area contributed by atoms with Crippen molar-refractivity contribution in [2.45, 2.75) is 9.49 Å². The molecule has 0 aliphatic rings. The van der Waals surface area contributed by atoms with Gasteiger partial charge < -0.3 is 0 Å². The van der Waals surface area contributed by atoms with Gasteiger partial charge in [0.25, 0.3) is 0 Å². The molecule has 0 nitrogen and oxygen atoms in total. The molecule has 0 rings (SSSR count). The van der Waals surface area contributed by atoms with Crippen LogP contribution in [0.25, 0.3) is 0 Å². The second-order valence-electron chi connectivity index (χ2n) is 0.842. The van der Waals surface area contributed by atoms with E-state index in [9.17, 15) is 0 Å². The third kappa shape index (κ3) is 33.9. The van der Waals surface area contributed by atoms with Crippen LogP contribution in [0, 0.1) is 0 Å². The molecular weight excluding hydrogens is 216 g/mol. The van der Waals surface area contributed by atoms with Crippen LogP contribution in [-0.4, -0.2) is 2.57 Å². The molecule has 0 atom stereocenters. The minimum atomic E-state index is -0.181. The van der Waals surface area contributed by atoms with Gasteiger partial charge in [-0.05, 0) is 6.92 Å². The lowest BCUT2D eigenvalue weighted by Crippen LogP contribution is -1.85. The summed E-state index contributed by atoms with van der Waals surface area (Å²) in [6.07, 6.45) is 0. The highest BCUT2D eigenvalue weighted by Crippen LogP contribution is 2.28. The van der Waals surface area contributed by atoms with E-state index in [-0.39, 0.29) is 2.57 Å². The summed E-state index contributed by atoms with van der Waals surface area (Å²) in [5, 5.41) is 0. The number of halogens is 2. The van der Waals surface area contributed by atoms with Gasteiger partial charge in [0.05, 0.1) is 0 Å². The van der Waals surface area contributed by atoms with Crippen molar-refractivity contribution in [1.82, 2.24) is 0 Å². The lowest BCUT2D eigenvalue weighted by molar-refractivity contribution is 1.40. The number of alkyl halides is 2. The lowest BCUT2D eigenvalue weighted by atomic mass is 11.0. The highest BCUT2D eigenvalue weighted by atomic mass is 79.9. The Kier molecular flexibility index (Phi) is 2.33. The van der Waals surface area contributed by atoms with Crippen LogP contribution in [0.1, 0.15) is 6.92 Å². The molecule has 0 aliphatic carbocycles. The highest BCUT2D eigenvalue weighted by molar-refractivity contribution is 9.27. The number of hydrogen-bond donors (Lipinski definition) is 1. The quantitative estimate of drug-likeness (QED) is 0.470. The molecule has 0 aromatic heterocycles. The van der Waals surface area contributed by atoms with Gasteiger partial charge in [0.2, 0.25) is 0 Å². The maximum atomic E-state index is 3.96. The van der Waals surface area contributed by atoms with E-state index in [1.54, 1.807) is 0 Å². The first-order valence-corrected chi connectivity index (χ1v) is 3.13. The summed E-state index contributed by atoms with van der Waals surface area (Å²) in [5.74, 6) is 0. The molecule has 0 spiro atoms. The summed E-state index contributed by atoms with van der Waals surface area (Å²) >= 11 is 10.3. The van der Waals surface area contributed by atoms with E-state index in [0.717, 1.165) is 0 Å². The van der Waals surface area contributed by atoms with E-state index < -0.39 is 0 Å². The molecule has 3 heteroatoms. The van der Waals surface area contributed by atoms with Gasteiger partial charge in [0.1, 0.15) is 2.57 Å². The Morgan fingerprint density at radius 2 is 1.60 bits per heavy atom. The summed E-state index contributed by atoms with van der Waals surface area (Å²) in [5.41, 5.74) is 0. The molecular formula is C2H4Br2S. The minimum absolute atomic E-state index is 0.181. The Balaban J connectivity index is 3.02. The lowest BCUT2D eigenvalue weighted by Gasteiger charge is -1.98. The zero-order valence-corrected chi connectivity index (χ0v) is 6.77. The molecule has 0 unspecified atom stereocenters. The zero-order chi connectivity index (χ0) is 4.50. The van der Waals surface area contributed by atoms with Crippen molar-refractivity contribution in [3.63, 3.8) is 0 Å². The number of rotatable bonds is 0. The molecule has 0 N–H and O–H groups in total. The molecule has 0 bridgehead atoms. The molecule has 0 heterocycles. The number of hydrogen-bond acceptors (Lipinski definition) is 1. The van der Waals surface area contributed by atoms with Crippen molar-refractivity contribution in [1.29, 1.82) is 0 Å². The first-order chi connectivity index (χ1) is 2.00. The molecule has 0 aromatic carbocycles. The van der Waals surface area contributed by atoms with Crippen molar-refractivity contribution in [3.05, 3.63) is 0 Å². The standard InChI is InChI=1S/C2H4Br2S/c1-2(3,4)5/h5H,1H3. The Labute approximate surface area is 54.0 Å². The van der Waals surface area contributed by atoms with Crippen LogP contribution in [0.2, 0.25) is 0 Å². The summed E-state index contributed by atoms with van der Waals surface area (Å²) < 4.78 is -0.181. The maximum absolute atomic E-state index is 3.96. The largest absolute Gasteiger partial charge is 0.150 e. The fourth-order valence-electron chi connectivity index (χ4n) is 0. The molecule has 32 valence electrons. The van der Waals surface area contributed by atoms with Gasteiger partial charge in [-0.15, -0.1) is 0 Å². The molecule has 0 radical (unpaired) electrons. The first-order valence-electron chi connectivity index (χ1n) is 1.10. The summed E-state index contributed by atoms with van der Waals surface area (Å²) in [6, 6.07) is 0. The van der Waals surface area contributed by atoms with Crippen molar-refractivity contribution in [2.75, 3.05) is 0 Å². The maximum Gasteiger partial charge on any atom is 0.120 e. The molecule has 0 saturated carbocycles. The molecule has 0 saturated heterocycles. The fraction of sp³-hybridized carbons (Fsp3) is 1.00. The SMILES string of the molecule is CC(S)(Br)Br. The van der Waals surface area contributed by atoms with E-state index in [4.69, 9.17) is 0 Å². The van der Waals surface area contributed by atoms with E-state index in [2.05, 4.69) is 44.5 Å². The van der Waals surface area contributed by atoms with Gasteiger partial charge in [-0.3, -0.25) is 0 Å². The highest BCUT2D eigenvalue weighted by Gasteiger charge is 2.03. The summed E-state index contributed by atoms with van der Waals surface area (Å²) in [7, 11) is 0. The molecule has 0 amide bonds. The molecule has 0 aromatic rings. The predicted molar refractivity (Wildman–Crippen MR) is 35.2 cm³/mol. The minimum Gasteiger partial charge on any atom is -0.150 e. The van der Waals surface area contributed by atoms with Crippen LogP contribution in [-0.2, 0) is 0 Å². The Hall–Kier alpha value is 1.31. The van der Waals surface area contributed by atoms with Crippen molar-refractivity contribution < 1.29 is 0 Å². The Morgan fingerprint density at radius 1 is 1.60 bits per heavy atom. The van der Waals surface area contributed by atoms with Gasteiger partial charge in [-0.25, -0.2) is 0 Å². The topological polar surface area (TPSA) is 0 Å². The number of thiol groups is 1. The fourth-order valence-corrected chi connectivity index (χ4v) is 0. The van der Waals surface area contributed by atoms with Crippen molar-refractivity contribution >= 4 is 44.5 Å².